The summed E-state index contributed by atoms with van der Waals surface area (Å²) in [4.78, 5) is 4.20. The quantitative estimate of drug-likeness (QED) is 0.852. The molecule has 0 atom stereocenters. The first kappa shape index (κ1) is 15.4. The summed E-state index contributed by atoms with van der Waals surface area (Å²) in [6.07, 6.45) is 1.52. The summed E-state index contributed by atoms with van der Waals surface area (Å²) in [7, 11) is 0. The molecule has 1 heterocycles. The highest BCUT2D eigenvalue weighted by atomic mass is 19.1. The van der Waals surface area contributed by atoms with Gasteiger partial charge in [-0.25, -0.2) is 14.1 Å². The van der Waals surface area contributed by atoms with E-state index >= 15 is 0 Å². The van der Waals surface area contributed by atoms with Crippen LogP contribution in [-0.2, 0) is 13.2 Å². The Balaban J connectivity index is 2.10. The van der Waals surface area contributed by atoms with Crippen LogP contribution >= 0.6 is 0 Å². The van der Waals surface area contributed by atoms with Gasteiger partial charge < -0.3 is 10.1 Å². The minimum atomic E-state index is -0.263. The normalized spacial score (nSPS) is 11.1. The van der Waals surface area contributed by atoms with E-state index in [-0.39, 0.29) is 11.9 Å². The van der Waals surface area contributed by atoms with Crippen molar-refractivity contribution in [3.63, 3.8) is 0 Å². The molecule has 114 valence electrons. The number of hydrogen-bond acceptors (Lipinski definition) is 4. The van der Waals surface area contributed by atoms with Crippen molar-refractivity contribution in [1.29, 1.82) is 0 Å². The molecular formula is C15H21FN4O. The van der Waals surface area contributed by atoms with Crippen LogP contribution in [0.3, 0.4) is 0 Å². The first-order valence-electron chi connectivity index (χ1n) is 7.12. The van der Waals surface area contributed by atoms with Gasteiger partial charge in [0.2, 0.25) is 0 Å². The van der Waals surface area contributed by atoms with Crippen LogP contribution in [0.2, 0.25) is 0 Å². The second-order valence-corrected chi connectivity index (χ2v) is 5.04. The summed E-state index contributed by atoms with van der Waals surface area (Å²) >= 11 is 0. The average molecular weight is 292 g/mol. The van der Waals surface area contributed by atoms with Gasteiger partial charge >= 0.3 is 0 Å². The molecule has 0 radical (unpaired) electrons. The zero-order chi connectivity index (χ0) is 15.2. The van der Waals surface area contributed by atoms with Crippen LogP contribution in [0.5, 0.6) is 5.75 Å². The number of aromatic nitrogens is 3. The number of halogens is 1. The number of ether oxygens (including phenoxy) is 1. The van der Waals surface area contributed by atoms with Gasteiger partial charge in [0.15, 0.2) is 5.82 Å². The third-order valence-corrected chi connectivity index (χ3v) is 3.08. The largest absolute Gasteiger partial charge is 0.485 e. The van der Waals surface area contributed by atoms with Crippen LogP contribution in [-0.4, -0.2) is 21.3 Å². The van der Waals surface area contributed by atoms with Gasteiger partial charge in [0.25, 0.3) is 0 Å². The fourth-order valence-electron chi connectivity index (χ4n) is 2.04. The third kappa shape index (κ3) is 4.01. The molecule has 21 heavy (non-hydrogen) atoms. The second kappa shape index (κ2) is 7.17. The van der Waals surface area contributed by atoms with E-state index in [2.05, 4.69) is 15.4 Å². The monoisotopic (exact) mass is 292 g/mol. The second-order valence-electron chi connectivity index (χ2n) is 5.04. The minimum absolute atomic E-state index is 0.223. The Morgan fingerprint density at radius 2 is 2.19 bits per heavy atom. The predicted molar refractivity (Wildman–Crippen MR) is 78.5 cm³/mol. The van der Waals surface area contributed by atoms with E-state index in [0.717, 1.165) is 17.9 Å². The van der Waals surface area contributed by atoms with Crippen LogP contribution in [0.25, 0.3) is 0 Å². The molecule has 5 nitrogen and oxygen atoms in total. The highest BCUT2D eigenvalue weighted by molar-refractivity contribution is 5.34. The van der Waals surface area contributed by atoms with E-state index in [1.54, 1.807) is 6.07 Å². The van der Waals surface area contributed by atoms with Gasteiger partial charge in [0.05, 0.1) is 0 Å². The lowest BCUT2D eigenvalue weighted by molar-refractivity contribution is 0.278. The lowest BCUT2D eigenvalue weighted by atomic mass is 10.2. The third-order valence-electron chi connectivity index (χ3n) is 3.08. The van der Waals surface area contributed by atoms with E-state index in [1.807, 2.05) is 25.5 Å². The fraction of sp³-hybridized carbons (Fsp3) is 0.467. The molecule has 6 heteroatoms. The molecule has 0 bridgehead atoms. The maximum atomic E-state index is 13.3. The van der Waals surface area contributed by atoms with Gasteiger partial charge in [0.1, 0.15) is 24.5 Å². The van der Waals surface area contributed by atoms with Crippen LogP contribution < -0.4 is 10.1 Å². The van der Waals surface area contributed by atoms with Crippen molar-refractivity contribution < 1.29 is 9.13 Å². The summed E-state index contributed by atoms with van der Waals surface area (Å²) in [5.74, 6) is 1.15. The Morgan fingerprint density at radius 3 is 2.90 bits per heavy atom. The molecule has 2 rings (SSSR count). The Kier molecular flexibility index (Phi) is 5.27. The topological polar surface area (TPSA) is 52.0 Å². The molecule has 0 unspecified atom stereocenters. The van der Waals surface area contributed by atoms with Crippen molar-refractivity contribution in [2.45, 2.75) is 40.0 Å². The number of nitrogens with one attached hydrogen (secondary N) is 1. The summed E-state index contributed by atoms with van der Waals surface area (Å²) in [5.41, 5.74) is 0.799. The highest BCUT2D eigenvalue weighted by Gasteiger charge is 2.10. The minimum Gasteiger partial charge on any atom is -0.485 e. The Hall–Kier alpha value is -1.95. The summed E-state index contributed by atoms with van der Waals surface area (Å²) in [6.45, 7) is 7.77. The van der Waals surface area contributed by atoms with Crippen LogP contribution in [0.4, 0.5) is 4.39 Å². The molecule has 2 aromatic rings. The number of rotatable bonds is 7. The zero-order valence-corrected chi connectivity index (χ0v) is 12.6. The van der Waals surface area contributed by atoms with Crippen molar-refractivity contribution in [3.8, 4) is 5.75 Å². The SMILES string of the molecule is CCNCc1cc(F)ccc1OCc1ncnn1C(C)C. The summed E-state index contributed by atoms with van der Waals surface area (Å²) in [5, 5.41) is 7.34. The predicted octanol–water partition coefficient (Wildman–Crippen LogP) is 2.69. The van der Waals surface area contributed by atoms with Gasteiger partial charge in [-0.15, -0.1) is 0 Å². The zero-order valence-electron chi connectivity index (χ0n) is 12.6. The molecule has 1 N–H and O–H groups in total. The first-order chi connectivity index (χ1) is 10.1. The smallest absolute Gasteiger partial charge is 0.165 e. The molecule has 0 amide bonds. The van der Waals surface area contributed by atoms with Gasteiger partial charge in [-0.3, -0.25) is 0 Å². The van der Waals surface area contributed by atoms with Crippen molar-refractivity contribution in [2.75, 3.05) is 6.54 Å². The molecular weight excluding hydrogens is 271 g/mol. The van der Waals surface area contributed by atoms with Crippen molar-refractivity contribution in [1.82, 2.24) is 20.1 Å². The lowest BCUT2D eigenvalue weighted by Gasteiger charge is -2.13. The Labute approximate surface area is 124 Å². The van der Waals surface area contributed by atoms with E-state index in [0.29, 0.717) is 18.9 Å². The van der Waals surface area contributed by atoms with Crippen molar-refractivity contribution >= 4 is 0 Å². The molecule has 1 aromatic heterocycles. The Bertz CT molecular complexity index is 583. The van der Waals surface area contributed by atoms with Gasteiger partial charge in [-0.2, -0.15) is 5.10 Å². The van der Waals surface area contributed by atoms with Crippen LogP contribution in [0.15, 0.2) is 24.5 Å². The van der Waals surface area contributed by atoms with Gasteiger partial charge in [-0.05, 0) is 38.6 Å². The van der Waals surface area contributed by atoms with E-state index < -0.39 is 0 Å². The fourth-order valence-corrected chi connectivity index (χ4v) is 2.04. The molecule has 0 fully saturated rings. The number of hydrogen-bond donors (Lipinski definition) is 1. The number of benzene rings is 1. The van der Waals surface area contributed by atoms with Crippen molar-refractivity contribution in [3.05, 3.63) is 41.7 Å². The van der Waals surface area contributed by atoms with E-state index in [1.165, 1.54) is 18.5 Å². The van der Waals surface area contributed by atoms with E-state index in [9.17, 15) is 4.39 Å². The van der Waals surface area contributed by atoms with Crippen LogP contribution in [0.1, 0.15) is 38.2 Å². The van der Waals surface area contributed by atoms with Crippen molar-refractivity contribution in [2.24, 2.45) is 0 Å². The molecule has 0 aliphatic rings. The first-order valence-corrected chi connectivity index (χ1v) is 7.12. The molecule has 0 saturated carbocycles. The molecule has 0 saturated heterocycles. The van der Waals surface area contributed by atoms with Crippen LogP contribution in [0, 0.1) is 5.82 Å². The molecule has 0 spiro atoms. The molecule has 1 aromatic carbocycles. The van der Waals surface area contributed by atoms with Gasteiger partial charge in [0, 0.05) is 18.2 Å². The molecule has 0 aliphatic heterocycles. The number of nitrogens with zero attached hydrogens (tertiary/aromatic N) is 3. The lowest BCUT2D eigenvalue weighted by Crippen LogP contribution is -2.14. The Morgan fingerprint density at radius 1 is 1.38 bits per heavy atom. The maximum Gasteiger partial charge on any atom is 0.165 e. The summed E-state index contributed by atoms with van der Waals surface area (Å²) < 4.78 is 21.0. The maximum absolute atomic E-state index is 13.3. The highest BCUT2D eigenvalue weighted by Crippen LogP contribution is 2.21. The van der Waals surface area contributed by atoms with E-state index in [4.69, 9.17) is 4.74 Å². The average Bonchev–Trinajstić information content (AvgIpc) is 2.92. The van der Waals surface area contributed by atoms with Gasteiger partial charge in [-0.1, -0.05) is 6.92 Å². The molecule has 0 aliphatic carbocycles. The summed E-state index contributed by atoms with van der Waals surface area (Å²) in [6, 6.07) is 4.77. The standard InChI is InChI=1S/C15H21FN4O/c1-4-17-8-12-7-13(16)5-6-14(12)21-9-15-18-10-19-20(15)11(2)3/h5-7,10-11,17H,4,8-9H2,1-3H3.